The predicted molar refractivity (Wildman–Crippen MR) is 92.8 cm³/mol. The minimum atomic E-state index is -0.111. The van der Waals surface area contributed by atoms with Gasteiger partial charge >= 0.3 is 0 Å². The van der Waals surface area contributed by atoms with E-state index in [9.17, 15) is 4.79 Å². The summed E-state index contributed by atoms with van der Waals surface area (Å²) >= 11 is 0. The van der Waals surface area contributed by atoms with Crippen LogP contribution >= 0.6 is 0 Å². The molecule has 1 saturated heterocycles. The Balaban J connectivity index is 1.59. The molecule has 0 bridgehead atoms. The summed E-state index contributed by atoms with van der Waals surface area (Å²) in [6.07, 6.45) is 10.8. The van der Waals surface area contributed by atoms with Crippen molar-refractivity contribution in [3.05, 3.63) is 59.2 Å². The zero-order valence-electron chi connectivity index (χ0n) is 14.0. The monoisotopic (exact) mass is 337 g/mol. The van der Waals surface area contributed by atoms with Crippen LogP contribution in [0.2, 0.25) is 0 Å². The van der Waals surface area contributed by atoms with Crippen LogP contribution in [0, 0.1) is 6.92 Å². The van der Waals surface area contributed by atoms with Gasteiger partial charge in [0.05, 0.1) is 12.6 Å². The lowest BCUT2D eigenvalue weighted by Crippen LogP contribution is -2.38. The normalized spacial score (nSPS) is 17.2. The van der Waals surface area contributed by atoms with E-state index in [1.807, 2.05) is 19.3 Å². The molecule has 4 heterocycles. The Morgan fingerprint density at radius 3 is 2.84 bits per heavy atom. The van der Waals surface area contributed by atoms with Crippen LogP contribution in [0.25, 0.3) is 5.82 Å². The van der Waals surface area contributed by atoms with Crippen molar-refractivity contribution in [1.29, 1.82) is 0 Å². The maximum atomic E-state index is 12.2. The summed E-state index contributed by atoms with van der Waals surface area (Å²) in [5, 5.41) is 4.48. The average molecular weight is 337 g/mol. The third kappa shape index (κ3) is 3.15. The third-order valence-electron chi connectivity index (χ3n) is 4.41. The molecular formula is C17H19N7O. The molecule has 1 aliphatic heterocycles. The van der Waals surface area contributed by atoms with Crippen LogP contribution in [0.4, 0.5) is 5.95 Å². The van der Waals surface area contributed by atoms with Gasteiger partial charge in [0.1, 0.15) is 6.33 Å². The Kier molecular flexibility index (Phi) is 4.01. The van der Waals surface area contributed by atoms with Gasteiger partial charge in [0.2, 0.25) is 5.95 Å². The highest BCUT2D eigenvalue weighted by atomic mass is 16.1. The largest absolute Gasteiger partial charge is 0.336 e. The Morgan fingerprint density at radius 1 is 1.24 bits per heavy atom. The second kappa shape index (κ2) is 6.46. The van der Waals surface area contributed by atoms with E-state index in [1.165, 1.54) is 4.68 Å². The molecule has 1 unspecified atom stereocenters. The van der Waals surface area contributed by atoms with Crippen LogP contribution in [0.15, 0.2) is 48.0 Å². The third-order valence-corrected chi connectivity index (χ3v) is 4.41. The van der Waals surface area contributed by atoms with E-state index in [4.69, 9.17) is 0 Å². The summed E-state index contributed by atoms with van der Waals surface area (Å²) in [6.45, 7) is 3.37. The van der Waals surface area contributed by atoms with E-state index in [0.717, 1.165) is 24.9 Å². The number of aryl methyl sites for hydroxylation is 1. The van der Waals surface area contributed by atoms with Gasteiger partial charge in [0, 0.05) is 37.4 Å². The number of nitrogens with zero attached hydrogens (tertiary/aromatic N) is 7. The van der Waals surface area contributed by atoms with Crippen molar-refractivity contribution in [3.63, 3.8) is 0 Å². The number of aromatic nitrogens is 6. The van der Waals surface area contributed by atoms with Crippen LogP contribution in [0.3, 0.4) is 0 Å². The molecule has 0 aromatic carbocycles. The van der Waals surface area contributed by atoms with E-state index in [-0.39, 0.29) is 11.6 Å². The smallest absolute Gasteiger partial charge is 0.266 e. The summed E-state index contributed by atoms with van der Waals surface area (Å²) in [7, 11) is 0. The van der Waals surface area contributed by atoms with Gasteiger partial charge in [-0.3, -0.25) is 9.36 Å². The van der Waals surface area contributed by atoms with E-state index in [1.54, 1.807) is 35.4 Å². The number of rotatable bonds is 4. The van der Waals surface area contributed by atoms with Gasteiger partial charge in [-0.25, -0.2) is 19.6 Å². The molecule has 0 radical (unpaired) electrons. The topological polar surface area (TPSA) is 81.7 Å². The standard InChI is InChI=1S/C17H19N7O/c1-13-9-19-17(20-10-13)23-7-2-3-14(23)11-24-16(25)5-4-15(21-24)22-8-6-18-12-22/h4-6,8-10,12,14H,2-3,7,11H2,1H3. The average Bonchev–Trinajstić information content (AvgIpc) is 3.29. The number of anilines is 1. The quantitative estimate of drug-likeness (QED) is 0.711. The van der Waals surface area contributed by atoms with Gasteiger partial charge in [-0.15, -0.1) is 0 Å². The molecule has 25 heavy (non-hydrogen) atoms. The first-order valence-electron chi connectivity index (χ1n) is 8.32. The molecule has 1 fully saturated rings. The molecule has 128 valence electrons. The second-order valence-corrected chi connectivity index (χ2v) is 6.23. The minimum Gasteiger partial charge on any atom is -0.336 e. The maximum Gasteiger partial charge on any atom is 0.266 e. The molecule has 8 nitrogen and oxygen atoms in total. The molecule has 0 saturated carbocycles. The molecular weight excluding hydrogens is 318 g/mol. The number of imidazole rings is 1. The SMILES string of the molecule is Cc1cnc(N2CCCC2Cn2nc(-n3ccnc3)ccc2=O)nc1. The maximum absolute atomic E-state index is 12.2. The first-order valence-corrected chi connectivity index (χ1v) is 8.32. The molecule has 8 heteroatoms. The first-order chi connectivity index (χ1) is 12.2. The van der Waals surface area contributed by atoms with Gasteiger partial charge in [-0.05, 0) is 31.4 Å². The fourth-order valence-electron chi connectivity index (χ4n) is 3.12. The van der Waals surface area contributed by atoms with Crippen molar-refractivity contribution in [3.8, 4) is 5.82 Å². The van der Waals surface area contributed by atoms with Gasteiger partial charge in [-0.1, -0.05) is 0 Å². The van der Waals surface area contributed by atoms with E-state index < -0.39 is 0 Å². The van der Waals surface area contributed by atoms with Crippen LogP contribution in [0.1, 0.15) is 18.4 Å². The highest BCUT2D eigenvalue weighted by Crippen LogP contribution is 2.23. The Hall–Kier alpha value is -3.03. The molecule has 1 atom stereocenters. The van der Waals surface area contributed by atoms with Crippen LogP contribution in [-0.4, -0.2) is 41.9 Å². The fraction of sp³-hybridized carbons (Fsp3) is 0.353. The minimum absolute atomic E-state index is 0.111. The number of hydrogen-bond acceptors (Lipinski definition) is 6. The molecule has 3 aromatic heterocycles. The molecule has 1 aliphatic rings. The van der Waals surface area contributed by atoms with Gasteiger partial charge in [-0.2, -0.15) is 5.10 Å². The van der Waals surface area contributed by atoms with E-state index in [2.05, 4.69) is 25.0 Å². The lowest BCUT2D eigenvalue weighted by atomic mass is 10.2. The van der Waals surface area contributed by atoms with Crippen LogP contribution in [0.5, 0.6) is 0 Å². The van der Waals surface area contributed by atoms with Gasteiger partial charge in [0.25, 0.3) is 5.56 Å². The zero-order chi connectivity index (χ0) is 17.2. The highest BCUT2D eigenvalue weighted by molar-refractivity contribution is 5.33. The summed E-state index contributed by atoms with van der Waals surface area (Å²) in [4.78, 5) is 27.3. The Morgan fingerprint density at radius 2 is 2.08 bits per heavy atom. The molecule has 0 N–H and O–H groups in total. The van der Waals surface area contributed by atoms with E-state index in [0.29, 0.717) is 18.3 Å². The summed E-state index contributed by atoms with van der Waals surface area (Å²) in [5.74, 6) is 1.39. The second-order valence-electron chi connectivity index (χ2n) is 6.23. The molecule has 0 amide bonds. The lowest BCUT2D eigenvalue weighted by Gasteiger charge is -2.24. The summed E-state index contributed by atoms with van der Waals surface area (Å²) < 4.78 is 3.30. The van der Waals surface area contributed by atoms with Crippen LogP contribution < -0.4 is 10.5 Å². The number of hydrogen-bond donors (Lipinski definition) is 0. The predicted octanol–water partition coefficient (Wildman–Crippen LogP) is 1.20. The van der Waals surface area contributed by atoms with Crippen LogP contribution in [-0.2, 0) is 6.54 Å². The van der Waals surface area contributed by atoms with E-state index >= 15 is 0 Å². The van der Waals surface area contributed by atoms with Gasteiger partial charge in [0.15, 0.2) is 5.82 Å². The van der Waals surface area contributed by atoms with Gasteiger partial charge < -0.3 is 4.90 Å². The summed E-state index contributed by atoms with van der Waals surface area (Å²) in [5.41, 5.74) is 0.922. The lowest BCUT2D eigenvalue weighted by molar-refractivity contribution is 0.482. The molecule has 3 aromatic rings. The van der Waals surface area contributed by atoms with Crippen molar-refractivity contribution in [1.82, 2.24) is 29.3 Å². The van der Waals surface area contributed by atoms with Crippen molar-refractivity contribution >= 4 is 5.95 Å². The first kappa shape index (κ1) is 15.5. The highest BCUT2D eigenvalue weighted by Gasteiger charge is 2.27. The molecule has 0 aliphatic carbocycles. The van der Waals surface area contributed by atoms with Crippen molar-refractivity contribution < 1.29 is 0 Å². The Bertz CT molecular complexity index is 902. The van der Waals surface area contributed by atoms with Crippen molar-refractivity contribution in [2.75, 3.05) is 11.4 Å². The Labute approximate surface area is 144 Å². The van der Waals surface area contributed by atoms with Crippen molar-refractivity contribution in [2.45, 2.75) is 32.4 Å². The zero-order valence-corrected chi connectivity index (χ0v) is 14.0. The molecule has 0 spiro atoms. The molecule has 4 rings (SSSR count). The summed E-state index contributed by atoms with van der Waals surface area (Å²) in [6, 6.07) is 3.41. The fourth-order valence-corrected chi connectivity index (χ4v) is 3.12. The van der Waals surface area contributed by atoms with Crippen molar-refractivity contribution in [2.24, 2.45) is 0 Å².